The quantitative estimate of drug-likeness (QED) is 0.481. The van der Waals surface area contributed by atoms with E-state index in [4.69, 9.17) is 28.9 Å². The second-order valence-electron chi connectivity index (χ2n) is 2.45. The first kappa shape index (κ1) is 11.2. The number of amidine groups is 1. The van der Waals surface area contributed by atoms with Crippen molar-refractivity contribution in [2.45, 2.75) is 0 Å². The van der Waals surface area contributed by atoms with Gasteiger partial charge in [-0.1, -0.05) is 11.6 Å². The van der Waals surface area contributed by atoms with Crippen LogP contribution in [0.5, 0.6) is 0 Å². The zero-order valence-electron chi connectivity index (χ0n) is 6.90. The second-order valence-corrected chi connectivity index (χ2v) is 3.13. The Morgan fingerprint density at radius 2 is 2.07 bits per heavy atom. The lowest BCUT2D eigenvalue weighted by molar-refractivity contribution is 0.585. The maximum Gasteiger partial charge on any atom is 0.153 e. The van der Waals surface area contributed by atoms with E-state index in [1.165, 1.54) is 0 Å². The molecule has 0 heterocycles. The average Bonchev–Trinajstić information content (AvgIpc) is 2.10. The number of nitrogens with zero attached hydrogens (tertiary/aromatic N) is 1. The molecule has 0 saturated heterocycles. The summed E-state index contributed by atoms with van der Waals surface area (Å²) >= 11 is 10.9. The van der Waals surface area contributed by atoms with E-state index in [1.54, 1.807) is 0 Å². The molecule has 0 aliphatic rings. The molecular weight excluding hydrogens is 233 g/mol. The molecule has 0 aliphatic carbocycles. The number of hydrogen-bond donors (Lipinski definition) is 1. The van der Waals surface area contributed by atoms with E-state index in [-0.39, 0.29) is 22.4 Å². The summed E-state index contributed by atoms with van der Waals surface area (Å²) in [7, 11) is 0. The lowest BCUT2D eigenvalue weighted by Gasteiger charge is -2.01. The van der Waals surface area contributed by atoms with Gasteiger partial charge in [-0.3, -0.25) is 0 Å². The molecular formula is C8H6Cl2F2N2. The highest BCUT2D eigenvalue weighted by atomic mass is 35.5. The van der Waals surface area contributed by atoms with E-state index in [1.807, 2.05) is 0 Å². The molecule has 6 heteroatoms. The van der Waals surface area contributed by atoms with Gasteiger partial charge in [0.25, 0.3) is 0 Å². The van der Waals surface area contributed by atoms with E-state index < -0.39 is 11.6 Å². The first-order valence-electron chi connectivity index (χ1n) is 3.58. The van der Waals surface area contributed by atoms with Crippen LogP contribution in [0.2, 0.25) is 5.02 Å². The van der Waals surface area contributed by atoms with Crippen molar-refractivity contribution in [3.05, 3.63) is 28.8 Å². The van der Waals surface area contributed by atoms with Crippen LogP contribution in [0, 0.1) is 11.6 Å². The SMILES string of the molecule is NC(CCl)=Nc1c(F)cc(F)cc1Cl. The van der Waals surface area contributed by atoms with Crippen LogP contribution in [-0.2, 0) is 0 Å². The largest absolute Gasteiger partial charge is 0.386 e. The van der Waals surface area contributed by atoms with Crippen LogP contribution < -0.4 is 5.73 Å². The molecule has 1 aromatic rings. The summed E-state index contributed by atoms with van der Waals surface area (Å²) in [6.07, 6.45) is 0. The lowest BCUT2D eigenvalue weighted by atomic mass is 10.3. The number of hydrogen-bond acceptors (Lipinski definition) is 1. The van der Waals surface area contributed by atoms with Crippen LogP contribution in [0.4, 0.5) is 14.5 Å². The van der Waals surface area contributed by atoms with Crippen molar-refractivity contribution in [1.29, 1.82) is 0 Å². The van der Waals surface area contributed by atoms with Crippen molar-refractivity contribution in [2.75, 3.05) is 5.88 Å². The highest BCUT2D eigenvalue weighted by Crippen LogP contribution is 2.28. The Bertz CT molecular complexity index is 357. The summed E-state index contributed by atoms with van der Waals surface area (Å²) in [4.78, 5) is 3.61. The maximum atomic E-state index is 13.1. The zero-order chi connectivity index (χ0) is 10.7. The Labute approximate surface area is 89.3 Å². The van der Waals surface area contributed by atoms with Gasteiger partial charge in [-0.25, -0.2) is 13.8 Å². The molecule has 0 bridgehead atoms. The number of alkyl halides is 1. The first-order valence-corrected chi connectivity index (χ1v) is 4.49. The van der Waals surface area contributed by atoms with Gasteiger partial charge in [0.1, 0.15) is 17.3 Å². The van der Waals surface area contributed by atoms with Crippen molar-refractivity contribution in [2.24, 2.45) is 10.7 Å². The Morgan fingerprint density at radius 3 is 2.57 bits per heavy atom. The summed E-state index contributed by atoms with van der Waals surface area (Å²) in [5, 5.41) is -0.143. The fraction of sp³-hybridized carbons (Fsp3) is 0.125. The van der Waals surface area contributed by atoms with Crippen LogP contribution in [-0.4, -0.2) is 11.7 Å². The first-order chi connectivity index (χ1) is 6.54. The molecule has 0 aromatic heterocycles. The summed E-state index contributed by atoms with van der Waals surface area (Å²) in [5.41, 5.74) is 5.08. The molecule has 0 aliphatic heterocycles. The highest BCUT2D eigenvalue weighted by Gasteiger charge is 2.09. The van der Waals surface area contributed by atoms with Gasteiger partial charge in [0.15, 0.2) is 5.82 Å². The number of halogens is 4. The Morgan fingerprint density at radius 1 is 1.43 bits per heavy atom. The third-order valence-electron chi connectivity index (χ3n) is 1.37. The molecule has 0 radical (unpaired) electrons. The minimum absolute atomic E-state index is 0.0130. The molecule has 0 amide bonds. The van der Waals surface area contributed by atoms with Gasteiger partial charge in [-0.05, 0) is 6.07 Å². The smallest absolute Gasteiger partial charge is 0.153 e. The Kier molecular flexibility index (Phi) is 3.66. The molecule has 0 unspecified atom stereocenters. The fourth-order valence-electron chi connectivity index (χ4n) is 0.815. The normalized spacial score (nSPS) is 11.9. The van der Waals surface area contributed by atoms with Crippen molar-refractivity contribution in [3.8, 4) is 0 Å². The second kappa shape index (κ2) is 4.57. The molecule has 14 heavy (non-hydrogen) atoms. The summed E-state index contributed by atoms with van der Waals surface area (Å²) < 4.78 is 25.7. The van der Waals surface area contributed by atoms with Crippen LogP contribution in [0.3, 0.4) is 0 Å². The average molecular weight is 239 g/mol. The van der Waals surface area contributed by atoms with Crippen LogP contribution >= 0.6 is 23.2 Å². The number of aliphatic imine (C=N–C) groups is 1. The number of nitrogens with two attached hydrogens (primary N) is 1. The van der Waals surface area contributed by atoms with Gasteiger partial charge >= 0.3 is 0 Å². The topological polar surface area (TPSA) is 38.4 Å². The van der Waals surface area contributed by atoms with Gasteiger partial charge in [0.05, 0.1) is 10.9 Å². The minimum atomic E-state index is -0.872. The fourth-order valence-corrected chi connectivity index (χ4v) is 1.11. The van der Waals surface area contributed by atoms with E-state index >= 15 is 0 Å². The molecule has 0 fully saturated rings. The summed E-state index contributed by atoms with van der Waals surface area (Å²) in [6, 6.07) is 1.62. The van der Waals surface area contributed by atoms with Gasteiger partial charge in [-0.2, -0.15) is 0 Å². The molecule has 0 spiro atoms. The monoisotopic (exact) mass is 238 g/mol. The summed E-state index contributed by atoms with van der Waals surface area (Å²) in [5.74, 6) is -1.68. The van der Waals surface area contributed by atoms with Gasteiger partial charge in [0.2, 0.25) is 0 Å². The van der Waals surface area contributed by atoms with E-state index in [0.717, 1.165) is 6.07 Å². The lowest BCUT2D eigenvalue weighted by Crippen LogP contribution is -2.12. The van der Waals surface area contributed by atoms with Crippen molar-refractivity contribution in [1.82, 2.24) is 0 Å². The van der Waals surface area contributed by atoms with Crippen molar-refractivity contribution >= 4 is 34.7 Å². The molecule has 2 N–H and O–H groups in total. The molecule has 76 valence electrons. The van der Waals surface area contributed by atoms with Crippen LogP contribution in [0.25, 0.3) is 0 Å². The molecule has 2 nitrogen and oxygen atoms in total. The third kappa shape index (κ3) is 2.56. The Balaban J connectivity index is 3.21. The molecule has 0 saturated carbocycles. The van der Waals surface area contributed by atoms with E-state index in [9.17, 15) is 8.78 Å². The maximum absolute atomic E-state index is 13.1. The minimum Gasteiger partial charge on any atom is -0.386 e. The van der Waals surface area contributed by atoms with Crippen LogP contribution in [0.15, 0.2) is 17.1 Å². The van der Waals surface area contributed by atoms with E-state index in [0.29, 0.717) is 6.07 Å². The zero-order valence-corrected chi connectivity index (χ0v) is 8.41. The Hall–Kier alpha value is -0.870. The standard InChI is InChI=1S/C8H6Cl2F2N2/c9-3-7(13)14-8-5(10)1-4(11)2-6(8)12/h1-2H,3H2,(H2,13,14). The van der Waals surface area contributed by atoms with Crippen molar-refractivity contribution in [3.63, 3.8) is 0 Å². The molecule has 1 rings (SSSR count). The van der Waals surface area contributed by atoms with Gasteiger partial charge in [-0.15, -0.1) is 11.6 Å². The van der Waals surface area contributed by atoms with Gasteiger partial charge < -0.3 is 5.73 Å². The highest BCUT2D eigenvalue weighted by molar-refractivity contribution is 6.33. The van der Waals surface area contributed by atoms with Crippen LogP contribution in [0.1, 0.15) is 0 Å². The number of benzene rings is 1. The van der Waals surface area contributed by atoms with E-state index in [2.05, 4.69) is 4.99 Å². The summed E-state index contributed by atoms with van der Waals surface area (Å²) in [6.45, 7) is 0. The number of rotatable bonds is 2. The predicted molar refractivity (Wildman–Crippen MR) is 53.4 cm³/mol. The third-order valence-corrected chi connectivity index (χ3v) is 1.94. The molecule has 0 atom stereocenters. The predicted octanol–water partition coefficient (Wildman–Crippen LogP) is 2.85. The molecule has 1 aromatic carbocycles. The van der Waals surface area contributed by atoms with Crippen molar-refractivity contribution < 1.29 is 8.78 Å². The van der Waals surface area contributed by atoms with Gasteiger partial charge in [0, 0.05) is 6.07 Å².